The van der Waals surface area contributed by atoms with Crippen LogP contribution in [0.5, 0.6) is 0 Å². The molecule has 0 aliphatic carbocycles. The highest BCUT2D eigenvalue weighted by atomic mass is 16.1. The summed E-state index contributed by atoms with van der Waals surface area (Å²) in [6.45, 7) is 5.16. The Morgan fingerprint density at radius 2 is 2.33 bits per heavy atom. The van der Waals surface area contributed by atoms with Crippen molar-refractivity contribution < 1.29 is 4.79 Å². The van der Waals surface area contributed by atoms with Crippen molar-refractivity contribution in [2.45, 2.75) is 26.8 Å². The molecule has 0 saturated carbocycles. The molecule has 1 amide bonds. The molecule has 0 saturated heterocycles. The van der Waals surface area contributed by atoms with E-state index in [1.165, 1.54) is 0 Å². The third kappa shape index (κ3) is 2.77. The second-order valence-electron chi connectivity index (χ2n) is 4.22. The fraction of sp³-hybridized carbons (Fsp3) is 0.417. The number of hydrogen-bond donors (Lipinski definition) is 2. The quantitative estimate of drug-likeness (QED) is 0.775. The summed E-state index contributed by atoms with van der Waals surface area (Å²) in [5, 5.41) is 9.71. The van der Waals surface area contributed by atoms with Crippen molar-refractivity contribution in [3.05, 3.63) is 35.7 Å². The maximum atomic E-state index is 11.9. The lowest BCUT2D eigenvalue weighted by molar-refractivity contribution is 0.0951. The smallest absolute Gasteiger partial charge is 0.255 e. The van der Waals surface area contributed by atoms with Gasteiger partial charge in [0.1, 0.15) is 0 Å². The summed E-state index contributed by atoms with van der Waals surface area (Å²) in [5.41, 5.74) is 2.19. The van der Waals surface area contributed by atoms with Crippen molar-refractivity contribution in [1.29, 1.82) is 0 Å². The zero-order valence-electron chi connectivity index (χ0n) is 10.6. The van der Waals surface area contributed by atoms with Crippen LogP contribution in [0.1, 0.15) is 28.2 Å². The number of nitrogens with zero attached hydrogens (tertiary/aromatic N) is 3. The number of aromatic nitrogens is 4. The van der Waals surface area contributed by atoms with Gasteiger partial charge in [-0.3, -0.25) is 9.89 Å². The highest BCUT2D eigenvalue weighted by Gasteiger charge is 2.14. The van der Waals surface area contributed by atoms with E-state index < -0.39 is 0 Å². The number of H-pyrrole nitrogens is 1. The number of carbonyl (C=O) groups excluding carboxylic acids is 1. The van der Waals surface area contributed by atoms with E-state index in [0.717, 1.165) is 24.4 Å². The second-order valence-corrected chi connectivity index (χ2v) is 4.22. The number of aryl methyl sites for hydroxylation is 3. The minimum Gasteiger partial charge on any atom is -0.352 e. The molecule has 0 bridgehead atoms. The molecular formula is C12H17N5O. The normalized spacial score (nSPS) is 10.6. The van der Waals surface area contributed by atoms with E-state index in [0.29, 0.717) is 12.1 Å². The summed E-state index contributed by atoms with van der Waals surface area (Å²) in [6.07, 6.45) is 6.30. The van der Waals surface area contributed by atoms with Crippen LogP contribution >= 0.6 is 0 Å². The molecular weight excluding hydrogens is 230 g/mol. The van der Waals surface area contributed by atoms with Gasteiger partial charge in [0.2, 0.25) is 0 Å². The number of hydrogen-bond acceptors (Lipinski definition) is 3. The molecule has 0 radical (unpaired) electrons. The van der Waals surface area contributed by atoms with Gasteiger partial charge in [0, 0.05) is 31.2 Å². The molecule has 0 aliphatic heterocycles. The molecule has 0 atom stereocenters. The van der Waals surface area contributed by atoms with E-state index in [9.17, 15) is 4.79 Å². The molecule has 96 valence electrons. The van der Waals surface area contributed by atoms with E-state index in [1.807, 2.05) is 24.6 Å². The molecule has 18 heavy (non-hydrogen) atoms. The molecule has 0 aromatic carbocycles. The van der Waals surface area contributed by atoms with E-state index in [-0.39, 0.29) is 5.91 Å². The van der Waals surface area contributed by atoms with E-state index in [4.69, 9.17) is 0 Å². The number of carbonyl (C=O) groups is 1. The van der Waals surface area contributed by atoms with Gasteiger partial charge in [0.25, 0.3) is 5.91 Å². The van der Waals surface area contributed by atoms with Gasteiger partial charge in [0.15, 0.2) is 0 Å². The fourth-order valence-corrected chi connectivity index (χ4v) is 1.86. The Hall–Kier alpha value is -2.11. The Morgan fingerprint density at radius 3 is 2.94 bits per heavy atom. The first-order chi connectivity index (χ1) is 8.68. The molecule has 0 unspecified atom stereocenters. The first-order valence-corrected chi connectivity index (χ1v) is 5.94. The molecule has 2 N–H and O–H groups in total. The first-order valence-electron chi connectivity index (χ1n) is 5.94. The highest BCUT2D eigenvalue weighted by Crippen LogP contribution is 2.08. The van der Waals surface area contributed by atoms with Crippen molar-refractivity contribution in [2.75, 3.05) is 6.54 Å². The summed E-state index contributed by atoms with van der Waals surface area (Å²) in [7, 11) is 0. The summed E-state index contributed by atoms with van der Waals surface area (Å²) in [5.74, 6) is -0.0654. The minimum atomic E-state index is -0.0654. The van der Waals surface area contributed by atoms with Crippen LogP contribution in [0.15, 0.2) is 18.7 Å². The zero-order valence-corrected chi connectivity index (χ0v) is 10.6. The summed E-state index contributed by atoms with van der Waals surface area (Å²) < 4.78 is 1.99. The van der Waals surface area contributed by atoms with Gasteiger partial charge in [-0.1, -0.05) is 0 Å². The zero-order chi connectivity index (χ0) is 13.0. The maximum Gasteiger partial charge on any atom is 0.255 e. The molecule has 6 nitrogen and oxygen atoms in total. The number of amides is 1. The molecule has 2 rings (SSSR count). The largest absolute Gasteiger partial charge is 0.352 e. The van der Waals surface area contributed by atoms with Crippen molar-refractivity contribution >= 4 is 5.91 Å². The van der Waals surface area contributed by atoms with Crippen LogP contribution in [0.25, 0.3) is 0 Å². The van der Waals surface area contributed by atoms with Gasteiger partial charge in [-0.2, -0.15) is 5.10 Å². The Morgan fingerprint density at radius 1 is 1.50 bits per heavy atom. The van der Waals surface area contributed by atoms with Gasteiger partial charge in [-0.05, 0) is 20.3 Å². The molecule has 2 heterocycles. The second kappa shape index (κ2) is 5.48. The van der Waals surface area contributed by atoms with Crippen LogP contribution in [0.4, 0.5) is 0 Å². The highest BCUT2D eigenvalue weighted by molar-refractivity contribution is 5.96. The standard InChI is InChI=1S/C12H17N5O/c1-9-11(10(2)16-15-9)12(18)14-4-3-6-17-7-5-13-8-17/h5,7-8H,3-4,6H2,1-2H3,(H,14,18)(H,15,16). The topological polar surface area (TPSA) is 75.6 Å². The van der Waals surface area contributed by atoms with Crippen molar-refractivity contribution in [2.24, 2.45) is 0 Å². The molecule has 0 spiro atoms. The molecule has 6 heteroatoms. The lowest BCUT2D eigenvalue weighted by atomic mass is 10.2. The Bertz CT molecular complexity index is 495. The summed E-state index contributed by atoms with van der Waals surface area (Å²) >= 11 is 0. The van der Waals surface area contributed by atoms with Crippen LogP contribution in [0, 0.1) is 13.8 Å². The predicted octanol–water partition coefficient (Wildman–Crippen LogP) is 1.04. The lowest BCUT2D eigenvalue weighted by Gasteiger charge is -2.05. The van der Waals surface area contributed by atoms with E-state index >= 15 is 0 Å². The molecule has 2 aromatic rings. The summed E-state index contributed by atoms with van der Waals surface area (Å²) in [6, 6.07) is 0. The Balaban J connectivity index is 1.79. The number of nitrogens with one attached hydrogen (secondary N) is 2. The molecule has 0 fully saturated rings. The Kier molecular flexibility index (Phi) is 3.76. The van der Waals surface area contributed by atoms with Crippen LogP contribution in [-0.2, 0) is 6.54 Å². The number of aromatic amines is 1. The first kappa shape index (κ1) is 12.3. The monoisotopic (exact) mass is 247 g/mol. The van der Waals surface area contributed by atoms with E-state index in [1.54, 1.807) is 12.5 Å². The minimum absolute atomic E-state index is 0.0654. The maximum absolute atomic E-state index is 11.9. The van der Waals surface area contributed by atoms with Crippen LogP contribution in [0.3, 0.4) is 0 Å². The van der Waals surface area contributed by atoms with Gasteiger partial charge < -0.3 is 9.88 Å². The third-order valence-corrected chi connectivity index (χ3v) is 2.79. The van der Waals surface area contributed by atoms with Crippen molar-refractivity contribution in [3.8, 4) is 0 Å². The molecule has 0 aliphatic rings. The predicted molar refractivity (Wildman–Crippen MR) is 67.2 cm³/mol. The average Bonchev–Trinajstić information content (AvgIpc) is 2.95. The molecule has 2 aromatic heterocycles. The van der Waals surface area contributed by atoms with Gasteiger partial charge in [-0.15, -0.1) is 0 Å². The average molecular weight is 247 g/mol. The van der Waals surface area contributed by atoms with Crippen LogP contribution in [0.2, 0.25) is 0 Å². The lowest BCUT2D eigenvalue weighted by Crippen LogP contribution is -2.26. The van der Waals surface area contributed by atoms with Gasteiger partial charge in [-0.25, -0.2) is 4.98 Å². The van der Waals surface area contributed by atoms with Crippen LogP contribution in [-0.4, -0.2) is 32.2 Å². The third-order valence-electron chi connectivity index (χ3n) is 2.79. The number of imidazole rings is 1. The number of rotatable bonds is 5. The summed E-state index contributed by atoms with van der Waals surface area (Å²) in [4.78, 5) is 15.9. The fourth-order valence-electron chi connectivity index (χ4n) is 1.86. The Labute approximate surface area is 105 Å². The SMILES string of the molecule is Cc1n[nH]c(C)c1C(=O)NCCCn1ccnc1. The van der Waals surface area contributed by atoms with Gasteiger partial charge >= 0.3 is 0 Å². The van der Waals surface area contributed by atoms with E-state index in [2.05, 4.69) is 20.5 Å². The van der Waals surface area contributed by atoms with Crippen molar-refractivity contribution in [3.63, 3.8) is 0 Å². The van der Waals surface area contributed by atoms with Gasteiger partial charge in [0.05, 0.1) is 17.6 Å². The van der Waals surface area contributed by atoms with Crippen LogP contribution < -0.4 is 5.32 Å². The van der Waals surface area contributed by atoms with Crippen molar-refractivity contribution in [1.82, 2.24) is 25.1 Å².